The molecule has 1 aliphatic rings. The van der Waals surface area contributed by atoms with Gasteiger partial charge in [-0.15, -0.1) is 0 Å². The van der Waals surface area contributed by atoms with Gasteiger partial charge in [-0.25, -0.2) is 0 Å². The molecule has 2 heterocycles. The predicted molar refractivity (Wildman–Crippen MR) is 97.5 cm³/mol. The maximum absolute atomic E-state index is 12.7. The highest BCUT2D eigenvalue weighted by Crippen LogP contribution is 2.31. The van der Waals surface area contributed by atoms with E-state index in [1.807, 2.05) is 41.4 Å². The molecule has 5 heteroatoms. The Morgan fingerprint density at radius 2 is 2.08 bits per heavy atom. The van der Waals surface area contributed by atoms with Gasteiger partial charge in [-0.3, -0.25) is 14.7 Å². The molecule has 0 unspecified atom stereocenters. The van der Waals surface area contributed by atoms with Crippen molar-refractivity contribution in [1.82, 2.24) is 14.8 Å². The number of benzene rings is 1. The van der Waals surface area contributed by atoms with Gasteiger partial charge in [-0.1, -0.05) is 24.3 Å². The van der Waals surface area contributed by atoms with Crippen LogP contribution in [0.15, 0.2) is 48.8 Å². The van der Waals surface area contributed by atoms with Crippen LogP contribution in [0.2, 0.25) is 0 Å². The highest BCUT2D eigenvalue weighted by Gasteiger charge is 2.29. The number of nitrogens with zero attached hydrogens (tertiary/aromatic N) is 3. The van der Waals surface area contributed by atoms with Gasteiger partial charge in [0, 0.05) is 44.0 Å². The number of pyridine rings is 1. The molecular formula is C20H25N3O2. The van der Waals surface area contributed by atoms with Crippen LogP contribution in [0, 0.1) is 0 Å². The molecule has 1 aliphatic heterocycles. The maximum atomic E-state index is 12.7. The molecule has 3 rings (SSSR count). The van der Waals surface area contributed by atoms with Crippen molar-refractivity contribution in [2.75, 3.05) is 33.8 Å². The Labute approximate surface area is 149 Å². The Balaban J connectivity index is 1.66. The normalized spacial score (nSPS) is 18.2. The molecule has 1 amide bonds. The summed E-state index contributed by atoms with van der Waals surface area (Å²) in [6.45, 7) is 2.33. The molecule has 0 spiro atoms. The minimum Gasteiger partial charge on any atom is -0.496 e. The molecule has 25 heavy (non-hydrogen) atoms. The third-order valence-electron chi connectivity index (χ3n) is 4.85. The molecule has 1 saturated heterocycles. The van der Waals surface area contributed by atoms with Crippen LogP contribution in [0.25, 0.3) is 0 Å². The van der Waals surface area contributed by atoms with Crippen molar-refractivity contribution in [2.24, 2.45) is 0 Å². The van der Waals surface area contributed by atoms with Crippen molar-refractivity contribution >= 4 is 5.91 Å². The average molecular weight is 339 g/mol. The van der Waals surface area contributed by atoms with Gasteiger partial charge in [-0.2, -0.15) is 0 Å². The van der Waals surface area contributed by atoms with E-state index in [2.05, 4.69) is 23.0 Å². The van der Waals surface area contributed by atoms with E-state index in [9.17, 15) is 4.79 Å². The highest BCUT2D eigenvalue weighted by atomic mass is 16.5. The van der Waals surface area contributed by atoms with Crippen molar-refractivity contribution in [3.63, 3.8) is 0 Å². The first kappa shape index (κ1) is 17.4. The van der Waals surface area contributed by atoms with Crippen LogP contribution in [0.1, 0.15) is 23.6 Å². The number of likely N-dealkylation sites (N-methyl/N-ethyl adjacent to an activating group) is 1. The molecule has 0 radical (unpaired) electrons. The number of piperazine rings is 1. The summed E-state index contributed by atoms with van der Waals surface area (Å²) in [6, 6.07) is 12.1. The maximum Gasteiger partial charge on any atom is 0.223 e. The van der Waals surface area contributed by atoms with Crippen LogP contribution < -0.4 is 4.74 Å². The summed E-state index contributed by atoms with van der Waals surface area (Å²) in [5.41, 5.74) is 2.24. The van der Waals surface area contributed by atoms with Gasteiger partial charge in [0.15, 0.2) is 0 Å². The predicted octanol–water partition coefficient (Wildman–Crippen LogP) is 2.54. The Morgan fingerprint density at radius 3 is 2.84 bits per heavy atom. The summed E-state index contributed by atoms with van der Waals surface area (Å²) in [5.74, 6) is 1.08. The van der Waals surface area contributed by atoms with E-state index in [-0.39, 0.29) is 11.9 Å². The van der Waals surface area contributed by atoms with E-state index in [1.165, 1.54) is 0 Å². The number of methoxy groups -OCH3 is 1. The molecule has 5 nitrogen and oxygen atoms in total. The fourth-order valence-corrected chi connectivity index (χ4v) is 3.33. The summed E-state index contributed by atoms with van der Waals surface area (Å²) >= 11 is 0. The standard InChI is InChI=1S/C20H25N3O2/c1-22-12-13-23(20(24)10-9-16-6-5-11-21-14-16)15-18(22)17-7-3-4-8-19(17)25-2/h3-8,11,14,18H,9-10,12-13,15H2,1-2H3/t18-/m0/s1. The lowest BCUT2D eigenvalue weighted by atomic mass is 10.0. The number of hydrogen-bond donors (Lipinski definition) is 0. The average Bonchev–Trinajstić information content (AvgIpc) is 2.67. The second kappa shape index (κ2) is 8.12. The summed E-state index contributed by atoms with van der Waals surface area (Å²) in [4.78, 5) is 21.0. The van der Waals surface area contributed by atoms with Crippen molar-refractivity contribution in [1.29, 1.82) is 0 Å². The lowest BCUT2D eigenvalue weighted by Gasteiger charge is -2.40. The van der Waals surface area contributed by atoms with Crippen LogP contribution in [-0.4, -0.2) is 54.5 Å². The van der Waals surface area contributed by atoms with Crippen molar-refractivity contribution in [2.45, 2.75) is 18.9 Å². The molecule has 1 aromatic heterocycles. The summed E-state index contributed by atoms with van der Waals surface area (Å²) in [7, 11) is 3.80. The van der Waals surface area contributed by atoms with Crippen LogP contribution in [-0.2, 0) is 11.2 Å². The molecule has 132 valence electrons. The smallest absolute Gasteiger partial charge is 0.223 e. The molecule has 1 fully saturated rings. The first-order chi connectivity index (χ1) is 12.2. The van der Waals surface area contributed by atoms with Gasteiger partial charge in [0.2, 0.25) is 5.91 Å². The Morgan fingerprint density at radius 1 is 1.24 bits per heavy atom. The lowest BCUT2D eigenvalue weighted by Crippen LogP contribution is -2.49. The topological polar surface area (TPSA) is 45.7 Å². The van der Waals surface area contributed by atoms with Gasteiger partial charge in [0.05, 0.1) is 13.2 Å². The number of amides is 1. The van der Waals surface area contributed by atoms with Crippen LogP contribution in [0.3, 0.4) is 0 Å². The van der Waals surface area contributed by atoms with Crippen molar-refractivity contribution in [3.05, 3.63) is 59.9 Å². The van der Waals surface area contributed by atoms with E-state index < -0.39 is 0 Å². The van der Waals surface area contributed by atoms with Crippen LogP contribution >= 0.6 is 0 Å². The van der Waals surface area contributed by atoms with E-state index in [4.69, 9.17) is 4.74 Å². The first-order valence-electron chi connectivity index (χ1n) is 8.69. The third kappa shape index (κ3) is 4.17. The van der Waals surface area contributed by atoms with Gasteiger partial charge in [0.1, 0.15) is 5.75 Å². The lowest BCUT2D eigenvalue weighted by molar-refractivity contribution is -0.134. The van der Waals surface area contributed by atoms with E-state index >= 15 is 0 Å². The zero-order valence-corrected chi connectivity index (χ0v) is 14.9. The number of carbonyl (C=O) groups is 1. The van der Waals surface area contributed by atoms with E-state index in [0.717, 1.165) is 36.4 Å². The minimum absolute atomic E-state index is 0.159. The summed E-state index contributed by atoms with van der Waals surface area (Å²) in [6.07, 6.45) is 4.84. The fraction of sp³-hybridized carbons (Fsp3) is 0.400. The second-order valence-electron chi connectivity index (χ2n) is 6.44. The number of hydrogen-bond acceptors (Lipinski definition) is 4. The molecule has 0 N–H and O–H groups in total. The number of rotatable bonds is 5. The Bertz CT molecular complexity index is 705. The SMILES string of the molecule is COc1ccccc1[C@@H]1CN(C(=O)CCc2cccnc2)CCN1C. The molecule has 0 saturated carbocycles. The van der Waals surface area contributed by atoms with Crippen LogP contribution in [0.4, 0.5) is 0 Å². The number of aryl methyl sites for hydroxylation is 1. The van der Waals surface area contributed by atoms with Crippen LogP contribution in [0.5, 0.6) is 5.75 Å². The molecular weight excluding hydrogens is 314 g/mol. The number of ether oxygens (including phenoxy) is 1. The fourth-order valence-electron chi connectivity index (χ4n) is 3.33. The second-order valence-corrected chi connectivity index (χ2v) is 6.44. The number of aromatic nitrogens is 1. The molecule has 2 aromatic rings. The van der Waals surface area contributed by atoms with Gasteiger partial charge < -0.3 is 9.64 Å². The molecule has 0 aliphatic carbocycles. The Kier molecular flexibility index (Phi) is 5.66. The number of para-hydroxylation sites is 1. The summed E-state index contributed by atoms with van der Waals surface area (Å²) < 4.78 is 5.51. The van der Waals surface area contributed by atoms with Gasteiger partial charge in [-0.05, 0) is 31.2 Å². The molecule has 1 aromatic carbocycles. The largest absolute Gasteiger partial charge is 0.496 e. The van der Waals surface area contributed by atoms with Gasteiger partial charge >= 0.3 is 0 Å². The summed E-state index contributed by atoms with van der Waals surface area (Å²) in [5, 5.41) is 0. The third-order valence-corrected chi connectivity index (χ3v) is 4.85. The van der Waals surface area contributed by atoms with E-state index in [1.54, 1.807) is 13.3 Å². The van der Waals surface area contributed by atoms with E-state index in [0.29, 0.717) is 13.0 Å². The van der Waals surface area contributed by atoms with Crippen molar-refractivity contribution in [3.8, 4) is 5.75 Å². The monoisotopic (exact) mass is 339 g/mol. The van der Waals surface area contributed by atoms with Gasteiger partial charge in [0.25, 0.3) is 0 Å². The van der Waals surface area contributed by atoms with Crippen molar-refractivity contribution < 1.29 is 9.53 Å². The zero-order valence-electron chi connectivity index (χ0n) is 14.9. The number of carbonyl (C=O) groups excluding carboxylic acids is 1. The minimum atomic E-state index is 0.159. The quantitative estimate of drug-likeness (QED) is 0.840. The molecule has 1 atom stereocenters. The zero-order chi connectivity index (χ0) is 17.6. The first-order valence-corrected chi connectivity index (χ1v) is 8.69. The highest BCUT2D eigenvalue weighted by molar-refractivity contribution is 5.76. The molecule has 0 bridgehead atoms. The Hall–Kier alpha value is -2.40.